The molecule has 1 fully saturated rings. The highest BCUT2D eigenvalue weighted by atomic mass is 35.5. The molecular formula is C23H34ClNO. The Balaban J connectivity index is 0.000000791. The first-order valence-corrected chi connectivity index (χ1v) is 10.4. The first kappa shape index (κ1) is 22.7. The van der Waals surface area contributed by atoms with Crippen LogP contribution in [0.5, 0.6) is 0 Å². The Kier molecular flexibility index (Phi) is 12.0. The molecule has 1 N–H and O–H groups in total. The zero-order valence-corrected chi connectivity index (χ0v) is 17.4. The van der Waals surface area contributed by atoms with E-state index in [1.807, 2.05) is 58.0 Å². The summed E-state index contributed by atoms with van der Waals surface area (Å²) >= 11 is 6.00. The molecule has 3 rings (SSSR count). The first-order valence-electron chi connectivity index (χ1n) is 9.98. The zero-order valence-electron chi connectivity index (χ0n) is 16.7. The maximum absolute atomic E-state index is 6.23. The predicted octanol–water partition coefficient (Wildman–Crippen LogP) is 6.64. The van der Waals surface area contributed by atoms with Crippen molar-refractivity contribution >= 4 is 11.6 Å². The van der Waals surface area contributed by atoms with Gasteiger partial charge < -0.3 is 10.1 Å². The van der Waals surface area contributed by atoms with E-state index < -0.39 is 0 Å². The van der Waals surface area contributed by atoms with Crippen molar-refractivity contribution < 1.29 is 4.74 Å². The van der Waals surface area contributed by atoms with Gasteiger partial charge in [0.1, 0.15) is 6.10 Å². The molecule has 0 aliphatic carbocycles. The van der Waals surface area contributed by atoms with E-state index in [1.165, 1.54) is 18.4 Å². The maximum Gasteiger partial charge on any atom is 0.108 e. The van der Waals surface area contributed by atoms with E-state index >= 15 is 0 Å². The molecule has 1 aliphatic heterocycles. The molecule has 0 bridgehead atoms. The van der Waals surface area contributed by atoms with Gasteiger partial charge in [0.05, 0.1) is 0 Å². The van der Waals surface area contributed by atoms with Crippen LogP contribution in [-0.2, 0) is 4.74 Å². The van der Waals surface area contributed by atoms with Gasteiger partial charge in [0.2, 0.25) is 0 Å². The van der Waals surface area contributed by atoms with Crippen molar-refractivity contribution in [2.24, 2.45) is 0 Å². The number of nitrogens with one attached hydrogen (secondary N) is 1. The summed E-state index contributed by atoms with van der Waals surface area (Å²) < 4.78 is 6.23. The summed E-state index contributed by atoms with van der Waals surface area (Å²) in [5.41, 5.74) is 2.33. The Labute approximate surface area is 164 Å². The van der Waals surface area contributed by atoms with Crippen LogP contribution in [-0.4, -0.2) is 19.2 Å². The molecule has 1 saturated heterocycles. The molecule has 2 nitrogen and oxygen atoms in total. The van der Waals surface area contributed by atoms with E-state index in [-0.39, 0.29) is 6.10 Å². The van der Waals surface area contributed by atoms with Crippen LogP contribution < -0.4 is 5.32 Å². The van der Waals surface area contributed by atoms with Gasteiger partial charge in [-0.2, -0.15) is 0 Å². The molecule has 144 valence electrons. The largest absolute Gasteiger partial charge is 0.369 e. The summed E-state index contributed by atoms with van der Waals surface area (Å²) in [6.45, 7) is 9.91. The van der Waals surface area contributed by atoms with Crippen molar-refractivity contribution in [3.05, 3.63) is 70.7 Å². The Morgan fingerprint density at radius 2 is 1.58 bits per heavy atom. The summed E-state index contributed by atoms with van der Waals surface area (Å²) in [6.07, 6.45) is 3.58. The van der Waals surface area contributed by atoms with Crippen molar-refractivity contribution in [1.82, 2.24) is 5.32 Å². The standard InChI is InChI=1S/C19H22ClNO.2C2H6/c20-17-10-8-16(9-11-17)19(15-5-2-1-3-6-15)22-14-12-18-7-4-13-21-18;2*1-2/h1-3,5-6,8-11,18-19,21H,4,7,12-14H2;2*1-2H3. The van der Waals surface area contributed by atoms with Crippen molar-refractivity contribution in [2.75, 3.05) is 13.2 Å². The van der Waals surface area contributed by atoms with Crippen LogP contribution in [0.4, 0.5) is 0 Å². The minimum Gasteiger partial charge on any atom is -0.369 e. The van der Waals surface area contributed by atoms with Gasteiger partial charge in [0.25, 0.3) is 0 Å². The number of rotatable bonds is 6. The van der Waals surface area contributed by atoms with Crippen LogP contribution in [0.2, 0.25) is 5.02 Å². The smallest absolute Gasteiger partial charge is 0.108 e. The van der Waals surface area contributed by atoms with Gasteiger partial charge in [-0.1, -0.05) is 81.8 Å². The van der Waals surface area contributed by atoms with Gasteiger partial charge in [0.15, 0.2) is 0 Å². The monoisotopic (exact) mass is 375 g/mol. The molecule has 2 aromatic rings. The molecule has 0 amide bonds. The summed E-state index contributed by atoms with van der Waals surface area (Å²) in [5, 5.41) is 4.28. The highest BCUT2D eigenvalue weighted by Crippen LogP contribution is 2.27. The Morgan fingerprint density at radius 3 is 2.15 bits per heavy atom. The topological polar surface area (TPSA) is 21.3 Å². The minimum absolute atomic E-state index is 0.0279. The fraction of sp³-hybridized carbons (Fsp3) is 0.478. The second-order valence-corrected chi connectivity index (χ2v) is 6.23. The highest BCUT2D eigenvalue weighted by molar-refractivity contribution is 6.30. The molecule has 1 aliphatic rings. The van der Waals surface area contributed by atoms with Gasteiger partial charge >= 0.3 is 0 Å². The Morgan fingerprint density at radius 1 is 0.962 bits per heavy atom. The molecule has 0 saturated carbocycles. The fourth-order valence-corrected chi connectivity index (χ4v) is 3.11. The van der Waals surface area contributed by atoms with Crippen LogP contribution in [0.3, 0.4) is 0 Å². The lowest BCUT2D eigenvalue weighted by atomic mass is 10.0. The normalized spacial score (nSPS) is 16.7. The molecule has 26 heavy (non-hydrogen) atoms. The molecule has 2 atom stereocenters. The fourth-order valence-electron chi connectivity index (χ4n) is 2.98. The predicted molar refractivity (Wildman–Crippen MR) is 114 cm³/mol. The van der Waals surface area contributed by atoms with E-state index in [9.17, 15) is 0 Å². The average Bonchev–Trinajstić information content (AvgIpc) is 3.24. The number of halogens is 1. The van der Waals surface area contributed by atoms with E-state index in [2.05, 4.69) is 29.6 Å². The summed E-state index contributed by atoms with van der Waals surface area (Å²) in [4.78, 5) is 0. The summed E-state index contributed by atoms with van der Waals surface area (Å²) in [7, 11) is 0. The number of hydrogen-bond acceptors (Lipinski definition) is 2. The molecule has 3 heteroatoms. The average molecular weight is 376 g/mol. The first-order chi connectivity index (χ1) is 12.8. The van der Waals surface area contributed by atoms with E-state index in [0.29, 0.717) is 6.04 Å². The molecule has 1 heterocycles. The van der Waals surface area contributed by atoms with Gasteiger partial charge in [0, 0.05) is 17.7 Å². The minimum atomic E-state index is -0.0279. The molecular weight excluding hydrogens is 342 g/mol. The van der Waals surface area contributed by atoms with Crippen LogP contribution in [0, 0.1) is 0 Å². The molecule has 2 aromatic carbocycles. The second kappa shape index (κ2) is 13.8. The lowest BCUT2D eigenvalue weighted by Gasteiger charge is -2.20. The third-order valence-corrected chi connectivity index (χ3v) is 4.44. The third kappa shape index (κ3) is 7.49. The summed E-state index contributed by atoms with van der Waals surface area (Å²) in [5.74, 6) is 0. The van der Waals surface area contributed by atoms with Crippen molar-refractivity contribution in [3.63, 3.8) is 0 Å². The second-order valence-electron chi connectivity index (χ2n) is 5.80. The molecule has 0 spiro atoms. The Hall–Kier alpha value is -1.35. The number of benzene rings is 2. The van der Waals surface area contributed by atoms with Gasteiger partial charge in [-0.15, -0.1) is 0 Å². The zero-order chi connectivity index (χ0) is 19.2. The van der Waals surface area contributed by atoms with Crippen LogP contribution in [0.15, 0.2) is 54.6 Å². The number of hydrogen-bond donors (Lipinski definition) is 1. The maximum atomic E-state index is 6.23. The molecule has 2 unspecified atom stereocenters. The molecule has 0 radical (unpaired) electrons. The van der Waals surface area contributed by atoms with Crippen LogP contribution in [0.1, 0.15) is 64.2 Å². The van der Waals surface area contributed by atoms with Crippen LogP contribution in [0.25, 0.3) is 0 Å². The van der Waals surface area contributed by atoms with Crippen LogP contribution >= 0.6 is 11.6 Å². The third-order valence-electron chi connectivity index (χ3n) is 4.19. The van der Waals surface area contributed by atoms with Crippen molar-refractivity contribution in [1.29, 1.82) is 0 Å². The lowest BCUT2D eigenvalue weighted by Crippen LogP contribution is -2.23. The van der Waals surface area contributed by atoms with E-state index in [4.69, 9.17) is 16.3 Å². The highest BCUT2D eigenvalue weighted by Gasteiger charge is 2.17. The number of ether oxygens (including phenoxy) is 1. The van der Waals surface area contributed by atoms with Crippen molar-refractivity contribution in [2.45, 2.75) is 59.1 Å². The SMILES string of the molecule is CC.CC.Clc1ccc(C(OCCC2CCCN2)c2ccccc2)cc1. The lowest BCUT2D eigenvalue weighted by molar-refractivity contribution is 0.0737. The van der Waals surface area contributed by atoms with Gasteiger partial charge in [-0.25, -0.2) is 0 Å². The Bertz CT molecular complexity index is 565. The van der Waals surface area contributed by atoms with E-state index in [0.717, 1.165) is 30.2 Å². The van der Waals surface area contributed by atoms with Crippen molar-refractivity contribution in [3.8, 4) is 0 Å². The molecule has 0 aromatic heterocycles. The summed E-state index contributed by atoms with van der Waals surface area (Å²) in [6, 6.07) is 18.9. The van der Waals surface area contributed by atoms with Gasteiger partial charge in [-0.05, 0) is 49.1 Å². The van der Waals surface area contributed by atoms with Gasteiger partial charge in [-0.3, -0.25) is 0 Å². The van der Waals surface area contributed by atoms with E-state index in [1.54, 1.807) is 0 Å². The quantitative estimate of drug-likeness (QED) is 0.610.